The van der Waals surface area contributed by atoms with Crippen LogP contribution in [0.2, 0.25) is 0 Å². The molecular weight excluding hydrogens is 348 g/mol. The fourth-order valence-electron chi connectivity index (χ4n) is 2.81. The van der Waals surface area contributed by atoms with Crippen molar-refractivity contribution in [1.82, 2.24) is 0 Å². The first-order chi connectivity index (χ1) is 13.0. The Morgan fingerprint density at radius 1 is 1.19 bits per heavy atom. The largest absolute Gasteiger partial charge is 0.481 e. The summed E-state index contributed by atoms with van der Waals surface area (Å²) in [5.41, 5.74) is 1.55. The number of rotatable bonds is 5. The lowest BCUT2D eigenvalue weighted by Crippen LogP contribution is -2.47. The van der Waals surface area contributed by atoms with Crippen LogP contribution in [0.1, 0.15) is 24.2 Å². The van der Waals surface area contributed by atoms with E-state index in [0.717, 1.165) is 0 Å². The van der Waals surface area contributed by atoms with E-state index >= 15 is 0 Å². The molecule has 7 heteroatoms. The molecule has 1 aliphatic rings. The number of anilines is 2. The van der Waals surface area contributed by atoms with Crippen LogP contribution >= 0.6 is 0 Å². The monoisotopic (exact) mass is 368 g/mol. The van der Waals surface area contributed by atoms with Crippen molar-refractivity contribution in [2.75, 3.05) is 23.4 Å². The molecule has 0 bridgehead atoms. The number of carbonyl (C=O) groups excluding carboxylic acids is 3. The fourth-order valence-corrected chi connectivity index (χ4v) is 2.81. The van der Waals surface area contributed by atoms with E-state index < -0.39 is 12.1 Å². The summed E-state index contributed by atoms with van der Waals surface area (Å²) in [6.45, 7) is 3.53. The first-order valence-electron chi connectivity index (χ1n) is 8.63. The van der Waals surface area contributed by atoms with E-state index in [-0.39, 0.29) is 25.0 Å². The van der Waals surface area contributed by atoms with Gasteiger partial charge in [0.2, 0.25) is 5.91 Å². The van der Waals surface area contributed by atoms with E-state index in [1.807, 2.05) is 0 Å². The van der Waals surface area contributed by atoms with Crippen molar-refractivity contribution in [3.05, 3.63) is 54.1 Å². The third kappa shape index (κ3) is 4.08. The Kier molecular flexibility index (Phi) is 5.40. The van der Waals surface area contributed by atoms with E-state index in [4.69, 9.17) is 9.47 Å². The third-order valence-electron chi connectivity index (χ3n) is 4.04. The summed E-state index contributed by atoms with van der Waals surface area (Å²) in [5.74, 6) is -0.697. The smallest absolute Gasteiger partial charge is 0.338 e. The summed E-state index contributed by atoms with van der Waals surface area (Å²) in [6.07, 6.45) is -0.846. The van der Waals surface area contributed by atoms with Gasteiger partial charge < -0.3 is 14.8 Å². The highest BCUT2D eigenvalue weighted by atomic mass is 16.5. The average Bonchev–Trinajstić information content (AvgIpc) is 2.67. The molecule has 1 heterocycles. The molecule has 3 rings (SSSR count). The third-order valence-corrected chi connectivity index (χ3v) is 4.04. The molecule has 0 saturated carbocycles. The van der Waals surface area contributed by atoms with Gasteiger partial charge in [-0.15, -0.1) is 0 Å². The second-order valence-corrected chi connectivity index (χ2v) is 6.00. The van der Waals surface area contributed by atoms with Crippen LogP contribution in [0.5, 0.6) is 5.75 Å². The zero-order chi connectivity index (χ0) is 19.4. The molecule has 27 heavy (non-hydrogen) atoms. The molecule has 0 aromatic heterocycles. The van der Waals surface area contributed by atoms with E-state index in [1.54, 1.807) is 56.3 Å². The highest BCUT2D eigenvalue weighted by molar-refractivity contribution is 6.10. The second kappa shape index (κ2) is 7.90. The molecule has 0 saturated heterocycles. The van der Waals surface area contributed by atoms with Crippen LogP contribution in [0, 0.1) is 0 Å². The summed E-state index contributed by atoms with van der Waals surface area (Å²) in [7, 11) is 0. The summed E-state index contributed by atoms with van der Waals surface area (Å²) in [4.78, 5) is 38.0. The van der Waals surface area contributed by atoms with Gasteiger partial charge in [0.25, 0.3) is 5.91 Å². The molecule has 2 amide bonds. The lowest BCUT2D eigenvalue weighted by molar-refractivity contribution is -0.126. The predicted octanol–water partition coefficient (Wildman–Crippen LogP) is 2.62. The van der Waals surface area contributed by atoms with Gasteiger partial charge in [-0.05, 0) is 44.2 Å². The second-order valence-electron chi connectivity index (χ2n) is 6.00. The predicted molar refractivity (Wildman–Crippen MR) is 99.9 cm³/mol. The molecule has 2 aromatic carbocycles. The summed E-state index contributed by atoms with van der Waals surface area (Å²) in [5, 5.41) is 2.74. The van der Waals surface area contributed by atoms with Gasteiger partial charge in [0.1, 0.15) is 12.3 Å². The Bertz CT molecular complexity index is 880. The number of carbonyl (C=O) groups is 3. The van der Waals surface area contributed by atoms with Crippen molar-refractivity contribution in [2.45, 2.75) is 20.0 Å². The highest BCUT2D eigenvalue weighted by Crippen LogP contribution is 2.29. The van der Waals surface area contributed by atoms with Crippen LogP contribution in [-0.4, -0.2) is 37.0 Å². The van der Waals surface area contributed by atoms with E-state index in [9.17, 15) is 14.4 Å². The number of para-hydroxylation sites is 2. The van der Waals surface area contributed by atoms with Gasteiger partial charge >= 0.3 is 5.97 Å². The van der Waals surface area contributed by atoms with E-state index in [1.165, 1.54) is 11.0 Å². The molecule has 0 radical (unpaired) electrons. The topological polar surface area (TPSA) is 84.9 Å². The number of ether oxygens (including phenoxy) is 2. The quantitative estimate of drug-likeness (QED) is 0.820. The summed E-state index contributed by atoms with van der Waals surface area (Å²) < 4.78 is 10.7. The van der Waals surface area contributed by atoms with Crippen molar-refractivity contribution < 1.29 is 23.9 Å². The van der Waals surface area contributed by atoms with Crippen LogP contribution in [0.4, 0.5) is 11.4 Å². The molecule has 1 atom stereocenters. The van der Waals surface area contributed by atoms with Crippen LogP contribution in [-0.2, 0) is 14.3 Å². The Morgan fingerprint density at radius 2 is 1.96 bits per heavy atom. The van der Waals surface area contributed by atoms with Gasteiger partial charge in [0, 0.05) is 0 Å². The molecule has 0 spiro atoms. The number of benzene rings is 2. The minimum Gasteiger partial charge on any atom is -0.481 e. The maximum atomic E-state index is 12.9. The maximum Gasteiger partial charge on any atom is 0.338 e. The Labute approximate surface area is 156 Å². The highest BCUT2D eigenvalue weighted by Gasteiger charge is 2.30. The van der Waals surface area contributed by atoms with Crippen molar-refractivity contribution in [1.29, 1.82) is 0 Å². The number of hydrogen-bond acceptors (Lipinski definition) is 5. The van der Waals surface area contributed by atoms with Crippen molar-refractivity contribution in [3.8, 4) is 5.75 Å². The number of nitrogens with one attached hydrogen (secondary N) is 1. The standard InChI is InChI=1S/C20H20N2O5/c1-3-26-20(25)14-7-6-8-15(11-14)27-13(2)19(24)22-12-18(23)21-16-9-4-5-10-17(16)22/h4-11,13H,3,12H2,1-2H3,(H,21,23)/t13-/m1/s1. The molecular formula is C20H20N2O5. The Hall–Kier alpha value is -3.35. The Balaban J connectivity index is 1.76. The SMILES string of the molecule is CCOC(=O)c1cccc(O[C@H](C)C(=O)N2CC(=O)Nc3ccccc32)c1. The van der Waals surface area contributed by atoms with Crippen molar-refractivity contribution in [3.63, 3.8) is 0 Å². The van der Waals surface area contributed by atoms with Crippen LogP contribution in [0.25, 0.3) is 0 Å². The lowest BCUT2D eigenvalue weighted by atomic mass is 10.1. The van der Waals surface area contributed by atoms with Gasteiger partial charge in [0.15, 0.2) is 6.10 Å². The zero-order valence-electron chi connectivity index (χ0n) is 15.1. The van der Waals surface area contributed by atoms with Gasteiger partial charge in [-0.1, -0.05) is 18.2 Å². The van der Waals surface area contributed by atoms with Crippen molar-refractivity contribution in [2.24, 2.45) is 0 Å². The molecule has 0 aliphatic carbocycles. The van der Waals surface area contributed by atoms with Gasteiger partial charge in [0.05, 0.1) is 23.5 Å². The first kappa shape index (κ1) is 18.4. The lowest BCUT2D eigenvalue weighted by Gasteiger charge is -2.31. The van der Waals surface area contributed by atoms with Crippen LogP contribution in [0.15, 0.2) is 48.5 Å². The van der Waals surface area contributed by atoms with Gasteiger partial charge in [-0.25, -0.2) is 4.79 Å². The molecule has 1 aliphatic heterocycles. The molecule has 7 nitrogen and oxygen atoms in total. The molecule has 140 valence electrons. The summed E-state index contributed by atoms with van der Waals surface area (Å²) >= 11 is 0. The fraction of sp³-hybridized carbons (Fsp3) is 0.250. The van der Waals surface area contributed by atoms with Crippen LogP contribution in [0.3, 0.4) is 0 Å². The number of amides is 2. The maximum absolute atomic E-state index is 12.9. The number of nitrogens with zero attached hydrogens (tertiary/aromatic N) is 1. The Morgan fingerprint density at radius 3 is 2.74 bits per heavy atom. The normalized spacial score (nSPS) is 14.0. The number of hydrogen-bond donors (Lipinski definition) is 1. The first-order valence-corrected chi connectivity index (χ1v) is 8.63. The molecule has 2 aromatic rings. The minimum atomic E-state index is -0.846. The molecule has 0 fully saturated rings. The van der Waals surface area contributed by atoms with Crippen LogP contribution < -0.4 is 15.0 Å². The van der Waals surface area contributed by atoms with Gasteiger partial charge in [-0.2, -0.15) is 0 Å². The molecule has 1 N–H and O–H groups in total. The van der Waals surface area contributed by atoms with Gasteiger partial charge in [-0.3, -0.25) is 14.5 Å². The minimum absolute atomic E-state index is 0.0770. The van der Waals surface area contributed by atoms with Crippen molar-refractivity contribution >= 4 is 29.2 Å². The number of fused-ring (bicyclic) bond motifs is 1. The average molecular weight is 368 g/mol. The van der Waals surface area contributed by atoms with E-state index in [0.29, 0.717) is 22.7 Å². The van der Waals surface area contributed by atoms with E-state index in [2.05, 4.69) is 5.32 Å². The summed E-state index contributed by atoms with van der Waals surface area (Å²) in [6, 6.07) is 13.5. The number of esters is 1. The zero-order valence-corrected chi connectivity index (χ0v) is 15.1. The molecule has 0 unspecified atom stereocenters.